The van der Waals surface area contributed by atoms with Crippen molar-refractivity contribution in [1.82, 2.24) is 14.8 Å². The van der Waals surface area contributed by atoms with Crippen LogP contribution in [-0.4, -0.2) is 34.5 Å². The van der Waals surface area contributed by atoms with E-state index in [0.29, 0.717) is 13.2 Å². The Morgan fingerprint density at radius 1 is 0.932 bits per heavy atom. The number of carbonyl (C=O) groups excluding carboxylic acids is 1. The molecule has 4 aromatic rings. The van der Waals surface area contributed by atoms with Gasteiger partial charge in [-0.25, -0.2) is 0 Å². The topological polar surface area (TPSA) is 78.3 Å². The third-order valence-electron chi connectivity index (χ3n) is 7.61. The van der Waals surface area contributed by atoms with Crippen LogP contribution < -0.4 is 10.1 Å². The molecule has 1 heterocycles. The summed E-state index contributed by atoms with van der Waals surface area (Å²) >= 11 is 1.58. The lowest BCUT2D eigenvalue weighted by molar-refractivity contribution is -0.139. The minimum absolute atomic E-state index is 0.104. The second-order valence-electron chi connectivity index (χ2n) is 12.1. The molecule has 234 valence electrons. The van der Waals surface area contributed by atoms with Gasteiger partial charge in [0.1, 0.15) is 5.75 Å². The Labute approximate surface area is 266 Å². The van der Waals surface area contributed by atoms with E-state index < -0.39 is 0 Å². The number of hydrogen-bond donors (Lipinski definition) is 1. The van der Waals surface area contributed by atoms with Gasteiger partial charge in [-0.2, -0.15) is 0 Å². The predicted molar refractivity (Wildman–Crippen MR) is 179 cm³/mol. The van der Waals surface area contributed by atoms with E-state index in [1.165, 1.54) is 38.4 Å². The van der Waals surface area contributed by atoms with Gasteiger partial charge in [0.2, 0.25) is 0 Å². The second kappa shape index (κ2) is 15.8. The van der Waals surface area contributed by atoms with Gasteiger partial charge in [0.15, 0.2) is 11.0 Å². The molecule has 0 aliphatic rings. The highest BCUT2D eigenvalue weighted by Crippen LogP contribution is 2.33. The third-order valence-corrected chi connectivity index (χ3v) is 8.64. The lowest BCUT2D eigenvalue weighted by Crippen LogP contribution is -2.10. The van der Waals surface area contributed by atoms with Gasteiger partial charge in [0, 0.05) is 35.3 Å². The Morgan fingerprint density at radius 2 is 1.66 bits per heavy atom. The summed E-state index contributed by atoms with van der Waals surface area (Å²) in [6, 6.07) is 22.8. The molecule has 0 amide bonds. The standard InChI is InChI=1S/C36H46N4O3S/c1-7-8-9-10-11-22-43-32-24-31(21-16-28(32)25-37-30-19-12-26(13-20-30)23-33(41)42-6)44-35-39-38-34(40(35)5)27-14-17-29(18-15-27)36(2,3)4/h12-21,24,37H,7-11,22-23,25H2,1-6H3. The molecule has 0 aliphatic heterocycles. The molecular weight excluding hydrogens is 568 g/mol. The molecule has 0 aliphatic carbocycles. The van der Waals surface area contributed by atoms with Crippen LogP contribution in [-0.2, 0) is 35.0 Å². The van der Waals surface area contributed by atoms with Crippen molar-refractivity contribution >= 4 is 23.4 Å². The fraction of sp³-hybridized carbons (Fsp3) is 0.417. The summed E-state index contributed by atoms with van der Waals surface area (Å²) in [6.07, 6.45) is 6.21. The van der Waals surface area contributed by atoms with Crippen LogP contribution in [0.4, 0.5) is 5.69 Å². The Kier molecular flexibility index (Phi) is 11.9. The van der Waals surface area contributed by atoms with E-state index in [9.17, 15) is 4.79 Å². The number of aromatic nitrogens is 3. The average molecular weight is 615 g/mol. The Balaban J connectivity index is 1.47. The first kappa shape index (κ1) is 33.1. The molecule has 0 spiro atoms. The summed E-state index contributed by atoms with van der Waals surface area (Å²) in [5, 5.41) is 13.3. The molecule has 0 bridgehead atoms. The van der Waals surface area contributed by atoms with E-state index in [2.05, 4.69) is 85.7 Å². The van der Waals surface area contributed by atoms with Crippen LogP contribution in [0.2, 0.25) is 0 Å². The summed E-state index contributed by atoms with van der Waals surface area (Å²) in [6.45, 7) is 10.2. The summed E-state index contributed by atoms with van der Waals surface area (Å²) in [7, 11) is 3.42. The maximum absolute atomic E-state index is 11.6. The highest BCUT2D eigenvalue weighted by atomic mass is 32.2. The number of rotatable bonds is 15. The Morgan fingerprint density at radius 3 is 2.34 bits per heavy atom. The third kappa shape index (κ3) is 9.36. The molecule has 44 heavy (non-hydrogen) atoms. The van der Waals surface area contributed by atoms with Gasteiger partial charge < -0.3 is 19.4 Å². The zero-order valence-electron chi connectivity index (χ0n) is 27.0. The smallest absolute Gasteiger partial charge is 0.309 e. The number of carbonyl (C=O) groups is 1. The van der Waals surface area contributed by atoms with Gasteiger partial charge in [-0.3, -0.25) is 4.79 Å². The molecule has 4 rings (SSSR count). The zero-order valence-corrected chi connectivity index (χ0v) is 27.8. The van der Waals surface area contributed by atoms with Crippen LogP contribution >= 0.6 is 11.8 Å². The molecule has 0 saturated heterocycles. The Bertz CT molecular complexity index is 1490. The van der Waals surface area contributed by atoms with Crippen molar-refractivity contribution in [2.75, 3.05) is 19.0 Å². The number of benzene rings is 3. The lowest BCUT2D eigenvalue weighted by atomic mass is 9.87. The van der Waals surface area contributed by atoms with Crippen LogP contribution in [0.1, 0.15) is 76.5 Å². The number of nitrogens with zero attached hydrogens (tertiary/aromatic N) is 3. The van der Waals surface area contributed by atoms with Crippen LogP contribution in [0, 0.1) is 0 Å². The van der Waals surface area contributed by atoms with Crippen LogP contribution in [0.25, 0.3) is 11.4 Å². The SMILES string of the molecule is CCCCCCCOc1cc(Sc2nnc(-c3ccc(C(C)(C)C)cc3)n2C)ccc1CNc1ccc(CC(=O)OC)cc1. The van der Waals surface area contributed by atoms with E-state index in [0.717, 1.165) is 50.4 Å². The van der Waals surface area contributed by atoms with E-state index >= 15 is 0 Å². The first-order valence-electron chi connectivity index (χ1n) is 15.5. The number of anilines is 1. The average Bonchev–Trinajstić information content (AvgIpc) is 3.38. The molecule has 3 aromatic carbocycles. The minimum atomic E-state index is -0.243. The van der Waals surface area contributed by atoms with Crippen molar-refractivity contribution in [3.63, 3.8) is 0 Å². The molecule has 0 radical (unpaired) electrons. The Hall–Kier alpha value is -3.78. The number of methoxy groups -OCH3 is 1. The van der Waals surface area contributed by atoms with E-state index in [-0.39, 0.29) is 17.8 Å². The molecule has 1 N–H and O–H groups in total. The highest BCUT2D eigenvalue weighted by molar-refractivity contribution is 7.99. The van der Waals surface area contributed by atoms with Gasteiger partial charge in [0.05, 0.1) is 20.1 Å². The van der Waals surface area contributed by atoms with Crippen molar-refractivity contribution in [2.24, 2.45) is 7.05 Å². The molecule has 0 atom stereocenters. The molecule has 8 heteroatoms. The van der Waals surface area contributed by atoms with Crippen molar-refractivity contribution in [3.8, 4) is 17.1 Å². The van der Waals surface area contributed by atoms with Crippen LogP contribution in [0.15, 0.2) is 76.8 Å². The maximum atomic E-state index is 11.6. The normalized spacial score (nSPS) is 11.4. The van der Waals surface area contributed by atoms with Gasteiger partial charge in [-0.05, 0) is 59.0 Å². The fourth-order valence-electron chi connectivity index (χ4n) is 4.82. The number of unbranched alkanes of at least 4 members (excludes halogenated alkanes) is 4. The first-order valence-corrected chi connectivity index (χ1v) is 16.3. The van der Waals surface area contributed by atoms with E-state index in [1.54, 1.807) is 11.8 Å². The monoisotopic (exact) mass is 614 g/mol. The predicted octanol–water partition coefficient (Wildman–Crippen LogP) is 8.61. The summed E-state index contributed by atoms with van der Waals surface area (Å²) in [5.41, 5.74) is 5.42. The summed E-state index contributed by atoms with van der Waals surface area (Å²) < 4.78 is 13.2. The van der Waals surface area contributed by atoms with Crippen LogP contribution in [0.5, 0.6) is 5.75 Å². The number of hydrogen-bond acceptors (Lipinski definition) is 7. The number of ether oxygens (including phenoxy) is 2. The van der Waals surface area contributed by atoms with Crippen molar-refractivity contribution < 1.29 is 14.3 Å². The molecule has 1 aromatic heterocycles. The maximum Gasteiger partial charge on any atom is 0.309 e. The molecule has 0 saturated carbocycles. The summed E-state index contributed by atoms with van der Waals surface area (Å²) in [4.78, 5) is 12.6. The quantitative estimate of drug-likeness (QED) is 0.106. The fourth-order valence-corrected chi connectivity index (χ4v) is 5.64. The number of nitrogens with one attached hydrogen (secondary N) is 1. The number of esters is 1. The first-order chi connectivity index (χ1) is 21.2. The zero-order chi connectivity index (χ0) is 31.5. The minimum Gasteiger partial charge on any atom is -0.493 e. The van der Waals surface area contributed by atoms with Gasteiger partial charge in [-0.15, -0.1) is 10.2 Å². The molecule has 0 fully saturated rings. The van der Waals surface area contributed by atoms with Gasteiger partial charge in [0.25, 0.3) is 0 Å². The largest absolute Gasteiger partial charge is 0.493 e. The molecular formula is C36H46N4O3S. The van der Waals surface area contributed by atoms with Crippen molar-refractivity contribution in [3.05, 3.63) is 83.4 Å². The molecule has 0 unspecified atom stereocenters. The van der Waals surface area contributed by atoms with Gasteiger partial charge in [-0.1, -0.05) is 95.8 Å². The second-order valence-corrected chi connectivity index (χ2v) is 13.2. The lowest BCUT2D eigenvalue weighted by Gasteiger charge is -2.19. The van der Waals surface area contributed by atoms with Crippen molar-refractivity contribution in [2.45, 2.75) is 88.2 Å². The van der Waals surface area contributed by atoms with Gasteiger partial charge >= 0.3 is 5.97 Å². The summed E-state index contributed by atoms with van der Waals surface area (Å²) in [5.74, 6) is 1.47. The van der Waals surface area contributed by atoms with Crippen LogP contribution in [0.3, 0.4) is 0 Å². The van der Waals surface area contributed by atoms with Crippen molar-refractivity contribution in [1.29, 1.82) is 0 Å². The highest BCUT2D eigenvalue weighted by Gasteiger charge is 2.17. The van der Waals surface area contributed by atoms with E-state index in [1.807, 2.05) is 35.9 Å². The van der Waals surface area contributed by atoms with E-state index in [4.69, 9.17) is 9.47 Å². The molecule has 7 nitrogen and oxygen atoms in total.